The van der Waals surface area contributed by atoms with Crippen molar-refractivity contribution in [2.24, 2.45) is 5.73 Å². The number of carbonyl (C=O) groups excluding carboxylic acids is 1. The number of rotatable bonds is 6. The summed E-state index contributed by atoms with van der Waals surface area (Å²) in [7, 11) is 1.59. The molecular formula is C16H24N2O3. The minimum absolute atomic E-state index is 0.00126. The van der Waals surface area contributed by atoms with Crippen LogP contribution in [0.25, 0.3) is 0 Å². The molecule has 21 heavy (non-hydrogen) atoms. The lowest BCUT2D eigenvalue weighted by molar-refractivity contribution is 0.0790. The van der Waals surface area contributed by atoms with Gasteiger partial charge in [-0.1, -0.05) is 13.3 Å². The van der Waals surface area contributed by atoms with E-state index in [0.717, 1.165) is 25.8 Å². The first kappa shape index (κ1) is 15.6. The summed E-state index contributed by atoms with van der Waals surface area (Å²) in [6.45, 7) is 4.11. The molecule has 0 saturated carbocycles. The summed E-state index contributed by atoms with van der Waals surface area (Å²) in [4.78, 5) is 14.2. The van der Waals surface area contributed by atoms with Crippen LogP contribution in [0.1, 0.15) is 36.5 Å². The molecule has 1 aliphatic rings. The van der Waals surface area contributed by atoms with Gasteiger partial charge < -0.3 is 20.1 Å². The first-order valence-corrected chi connectivity index (χ1v) is 7.51. The SMILES string of the molecule is CCCCOc1ccc(C(=O)N2CC[C@@H](N)C2)cc1OC. The average molecular weight is 292 g/mol. The highest BCUT2D eigenvalue weighted by Crippen LogP contribution is 2.29. The molecule has 0 unspecified atom stereocenters. The molecule has 1 fully saturated rings. The number of benzene rings is 1. The molecule has 1 aliphatic heterocycles. The second-order valence-corrected chi connectivity index (χ2v) is 5.37. The summed E-state index contributed by atoms with van der Waals surface area (Å²) in [5.74, 6) is 1.28. The van der Waals surface area contributed by atoms with Crippen molar-refractivity contribution < 1.29 is 14.3 Å². The van der Waals surface area contributed by atoms with Crippen LogP contribution in [-0.2, 0) is 0 Å². The second kappa shape index (κ2) is 7.31. The van der Waals surface area contributed by atoms with Gasteiger partial charge in [-0.15, -0.1) is 0 Å². The van der Waals surface area contributed by atoms with Crippen LogP contribution in [0, 0.1) is 0 Å². The smallest absolute Gasteiger partial charge is 0.254 e. The molecule has 1 amide bonds. The molecule has 2 rings (SSSR count). The Bertz CT molecular complexity index is 490. The Labute approximate surface area is 126 Å². The largest absolute Gasteiger partial charge is 0.493 e. The topological polar surface area (TPSA) is 64.8 Å². The number of carbonyl (C=O) groups is 1. The summed E-state index contributed by atoms with van der Waals surface area (Å²) in [5, 5.41) is 0. The van der Waals surface area contributed by atoms with Crippen LogP contribution in [0.3, 0.4) is 0 Å². The number of methoxy groups -OCH3 is 1. The highest BCUT2D eigenvalue weighted by atomic mass is 16.5. The van der Waals surface area contributed by atoms with E-state index in [1.807, 2.05) is 0 Å². The van der Waals surface area contributed by atoms with Crippen molar-refractivity contribution in [3.63, 3.8) is 0 Å². The number of nitrogens with zero attached hydrogens (tertiary/aromatic N) is 1. The van der Waals surface area contributed by atoms with Crippen LogP contribution >= 0.6 is 0 Å². The van der Waals surface area contributed by atoms with Gasteiger partial charge in [0.05, 0.1) is 13.7 Å². The zero-order valence-electron chi connectivity index (χ0n) is 12.8. The molecule has 0 aliphatic carbocycles. The molecule has 0 radical (unpaired) electrons. The van der Waals surface area contributed by atoms with Crippen LogP contribution in [0.15, 0.2) is 18.2 Å². The fourth-order valence-corrected chi connectivity index (χ4v) is 2.40. The van der Waals surface area contributed by atoms with Crippen LogP contribution in [-0.4, -0.2) is 43.7 Å². The van der Waals surface area contributed by atoms with Crippen molar-refractivity contribution in [3.8, 4) is 11.5 Å². The first-order chi connectivity index (χ1) is 10.2. The van der Waals surface area contributed by atoms with Gasteiger partial charge in [-0.05, 0) is 31.0 Å². The van der Waals surface area contributed by atoms with Crippen LogP contribution < -0.4 is 15.2 Å². The average Bonchev–Trinajstić information content (AvgIpc) is 2.93. The van der Waals surface area contributed by atoms with Gasteiger partial charge in [-0.3, -0.25) is 4.79 Å². The van der Waals surface area contributed by atoms with E-state index in [2.05, 4.69) is 6.92 Å². The molecule has 1 aromatic carbocycles. The lowest BCUT2D eigenvalue weighted by Crippen LogP contribution is -2.31. The zero-order valence-corrected chi connectivity index (χ0v) is 12.8. The molecule has 1 atom stereocenters. The fraction of sp³-hybridized carbons (Fsp3) is 0.562. The summed E-state index contributed by atoms with van der Waals surface area (Å²) >= 11 is 0. The molecule has 0 bridgehead atoms. The maximum absolute atomic E-state index is 12.4. The molecule has 2 N–H and O–H groups in total. The summed E-state index contributed by atoms with van der Waals surface area (Å²) in [5.41, 5.74) is 6.47. The van der Waals surface area contributed by atoms with Crippen molar-refractivity contribution in [2.45, 2.75) is 32.2 Å². The van der Waals surface area contributed by atoms with Gasteiger partial charge in [0, 0.05) is 24.7 Å². The minimum Gasteiger partial charge on any atom is -0.493 e. The van der Waals surface area contributed by atoms with Gasteiger partial charge in [0.25, 0.3) is 5.91 Å². The Balaban J connectivity index is 2.09. The summed E-state index contributed by atoms with van der Waals surface area (Å²) in [6, 6.07) is 5.42. The van der Waals surface area contributed by atoms with Crippen molar-refractivity contribution in [1.29, 1.82) is 0 Å². The monoisotopic (exact) mass is 292 g/mol. The van der Waals surface area contributed by atoms with E-state index in [0.29, 0.717) is 30.2 Å². The Hall–Kier alpha value is -1.75. The van der Waals surface area contributed by atoms with E-state index >= 15 is 0 Å². The van der Waals surface area contributed by atoms with E-state index in [1.54, 1.807) is 30.2 Å². The van der Waals surface area contributed by atoms with Crippen LogP contribution in [0.5, 0.6) is 11.5 Å². The number of hydrogen-bond acceptors (Lipinski definition) is 4. The lowest BCUT2D eigenvalue weighted by atomic mass is 10.1. The predicted molar refractivity (Wildman–Crippen MR) is 81.9 cm³/mol. The molecule has 1 heterocycles. The second-order valence-electron chi connectivity index (χ2n) is 5.37. The molecule has 116 valence electrons. The van der Waals surface area contributed by atoms with E-state index in [9.17, 15) is 4.79 Å². The van der Waals surface area contributed by atoms with Crippen LogP contribution in [0.2, 0.25) is 0 Å². The molecule has 5 heteroatoms. The van der Waals surface area contributed by atoms with Crippen molar-refractivity contribution >= 4 is 5.91 Å². The Kier molecular flexibility index (Phi) is 5.44. The van der Waals surface area contributed by atoms with E-state index < -0.39 is 0 Å². The van der Waals surface area contributed by atoms with E-state index in [-0.39, 0.29) is 11.9 Å². The van der Waals surface area contributed by atoms with Crippen molar-refractivity contribution in [1.82, 2.24) is 4.90 Å². The van der Waals surface area contributed by atoms with Gasteiger partial charge in [0.15, 0.2) is 11.5 Å². The third-order valence-corrected chi connectivity index (χ3v) is 3.68. The molecular weight excluding hydrogens is 268 g/mol. The maximum Gasteiger partial charge on any atom is 0.254 e. The van der Waals surface area contributed by atoms with Crippen LogP contribution in [0.4, 0.5) is 0 Å². The quantitative estimate of drug-likeness (QED) is 0.815. The summed E-state index contributed by atoms with van der Waals surface area (Å²) in [6.07, 6.45) is 2.94. The maximum atomic E-state index is 12.4. The number of ether oxygens (including phenoxy) is 2. The third kappa shape index (κ3) is 3.88. The molecule has 1 saturated heterocycles. The number of unbranched alkanes of at least 4 members (excludes halogenated alkanes) is 1. The van der Waals surface area contributed by atoms with Gasteiger partial charge in [-0.2, -0.15) is 0 Å². The molecule has 0 aromatic heterocycles. The predicted octanol–water partition coefficient (Wildman–Crippen LogP) is 2.05. The van der Waals surface area contributed by atoms with Gasteiger partial charge in [0.1, 0.15) is 0 Å². The molecule has 1 aromatic rings. The number of likely N-dealkylation sites (tertiary alicyclic amines) is 1. The highest BCUT2D eigenvalue weighted by Gasteiger charge is 2.25. The van der Waals surface area contributed by atoms with Crippen molar-refractivity contribution in [2.75, 3.05) is 26.8 Å². The normalized spacial score (nSPS) is 17.9. The third-order valence-electron chi connectivity index (χ3n) is 3.68. The lowest BCUT2D eigenvalue weighted by Gasteiger charge is -2.17. The fourth-order valence-electron chi connectivity index (χ4n) is 2.40. The Morgan fingerprint density at radius 3 is 2.86 bits per heavy atom. The highest BCUT2D eigenvalue weighted by molar-refractivity contribution is 5.95. The summed E-state index contributed by atoms with van der Waals surface area (Å²) < 4.78 is 11.0. The standard InChI is InChI=1S/C16H24N2O3/c1-3-4-9-21-14-6-5-12(10-15(14)20-2)16(19)18-8-7-13(17)11-18/h5-6,10,13H,3-4,7-9,11,17H2,1-2H3/t13-/m1/s1. The Morgan fingerprint density at radius 1 is 1.43 bits per heavy atom. The van der Waals surface area contributed by atoms with Gasteiger partial charge in [0.2, 0.25) is 0 Å². The number of nitrogens with two attached hydrogens (primary N) is 1. The van der Waals surface area contributed by atoms with E-state index in [4.69, 9.17) is 15.2 Å². The number of hydrogen-bond donors (Lipinski definition) is 1. The van der Waals surface area contributed by atoms with Gasteiger partial charge in [-0.25, -0.2) is 0 Å². The van der Waals surface area contributed by atoms with Gasteiger partial charge >= 0.3 is 0 Å². The van der Waals surface area contributed by atoms with E-state index in [1.165, 1.54) is 0 Å². The molecule has 0 spiro atoms. The Morgan fingerprint density at radius 2 is 2.24 bits per heavy atom. The minimum atomic E-state index is 0.00126. The van der Waals surface area contributed by atoms with Crippen molar-refractivity contribution in [3.05, 3.63) is 23.8 Å². The molecule has 5 nitrogen and oxygen atoms in total. The first-order valence-electron chi connectivity index (χ1n) is 7.51. The number of amides is 1. The zero-order chi connectivity index (χ0) is 15.2.